The van der Waals surface area contributed by atoms with Crippen LogP contribution in [0.25, 0.3) is 16.6 Å². The van der Waals surface area contributed by atoms with Gasteiger partial charge < -0.3 is 18.9 Å². The summed E-state index contributed by atoms with van der Waals surface area (Å²) in [6.45, 7) is -2.95. The molecule has 1 heterocycles. The van der Waals surface area contributed by atoms with Gasteiger partial charge in [0.2, 0.25) is 0 Å². The fraction of sp³-hybridized carbons (Fsp3) is 0.182. The van der Waals surface area contributed by atoms with E-state index in [1.807, 2.05) is 29.6 Å². The van der Waals surface area contributed by atoms with Gasteiger partial charge in [-0.25, -0.2) is 9.78 Å². The highest BCUT2D eigenvalue weighted by Crippen LogP contribution is 2.32. The van der Waals surface area contributed by atoms with Crippen molar-refractivity contribution < 1.29 is 32.5 Å². The molecule has 0 radical (unpaired) electrons. The van der Waals surface area contributed by atoms with Gasteiger partial charge in [0.1, 0.15) is 17.4 Å². The van der Waals surface area contributed by atoms with Crippen molar-refractivity contribution in [1.82, 2.24) is 4.98 Å². The second-order valence-electron chi connectivity index (χ2n) is 6.07. The first-order valence-electron chi connectivity index (χ1n) is 9.05. The Hall–Kier alpha value is -3.46. The molecule has 0 fully saturated rings. The van der Waals surface area contributed by atoms with E-state index in [1.54, 1.807) is 7.11 Å². The second-order valence-corrected chi connectivity index (χ2v) is 6.93. The minimum atomic E-state index is -2.96. The van der Waals surface area contributed by atoms with Gasteiger partial charge in [0.25, 0.3) is 0 Å². The summed E-state index contributed by atoms with van der Waals surface area (Å²) in [6, 6.07) is 11.9. The zero-order valence-corrected chi connectivity index (χ0v) is 17.5. The molecule has 31 heavy (non-hydrogen) atoms. The fourth-order valence-electron chi connectivity index (χ4n) is 2.66. The number of aromatic nitrogens is 1. The maximum Gasteiger partial charge on any atom is 0.387 e. The van der Waals surface area contributed by atoms with Crippen LogP contribution in [0.15, 0.2) is 53.9 Å². The lowest BCUT2D eigenvalue weighted by molar-refractivity contribution is -0.139. The van der Waals surface area contributed by atoms with E-state index in [0.29, 0.717) is 17.0 Å². The molecule has 0 spiro atoms. The number of carbonyl (C=O) groups excluding carboxylic acids is 1. The van der Waals surface area contributed by atoms with Gasteiger partial charge in [-0.05, 0) is 35.9 Å². The predicted octanol–water partition coefficient (Wildman–Crippen LogP) is 5.19. The predicted molar refractivity (Wildman–Crippen MR) is 113 cm³/mol. The average molecular weight is 447 g/mol. The number of hydrogen-bond donors (Lipinski definition) is 0. The highest BCUT2D eigenvalue weighted by molar-refractivity contribution is 7.13. The number of thiazole rings is 1. The van der Waals surface area contributed by atoms with Crippen LogP contribution in [-0.2, 0) is 16.1 Å². The van der Waals surface area contributed by atoms with Crippen LogP contribution in [-0.4, -0.2) is 31.8 Å². The van der Waals surface area contributed by atoms with Gasteiger partial charge >= 0.3 is 12.6 Å². The van der Waals surface area contributed by atoms with Crippen LogP contribution in [0.2, 0.25) is 0 Å². The number of rotatable bonds is 9. The maximum atomic E-state index is 12.4. The molecule has 0 atom stereocenters. The van der Waals surface area contributed by atoms with Crippen molar-refractivity contribution in [3.8, 4) is 27.8 Å². The van der Waals surface area contributed by atoms with Crippen molar-refractivity contribution >= 4 is 23.4 Å². The van der Waals surface area contributed by atoms with Crippen LogP contribution in [0.4, 0.5) is 8.78 Å². The zero-order valence-electron chi connectivity index (χ0n) is 16.7. The largest absolute Gasteiger partial charge is 0.496 e. The van der Waals surface area contributed by atoms with Crippen molar-refractivity contribution in [2.24, 2.45) is 0 Å². The molecule has 0 N–H and O–H groups in total. The maximum absolute atomic E-state index is 12.4. The number of methoxy groups -OCH3 is 2. The van der Waals surface area contributed by atoms with Crippen molar-refractivity contribution in [3.05, 3.63) is 65.2 Å². The Balaban J connectivity index is 1.59. The van der Waals surface area contributed by atoms with E-state index in [4.69, 9.17) is 14.2 Å². The zero-order chi connectivity index (χ0) is 22.2. The van der Waals surface area contributed by atoms with Crippen molar-refractivity contribution in [2.45, 2.75) is 13.2 Å². The monoisotopic (exact) mass is 447 g/mol. The van der Waals surface area contributed by atoms with Crippen LogP contribution >= 0.6 is 11.3 Å². The second kappa shape index (κ2) is 10.5. The van der Waals surface area contributed by atoms with E-state index in [2.05, 4.69) is 9.72 Å². The summed E-state index contributed by atoms with van der Waals surface area (Å²) in [5, 5.41) is 2.57. The molecule has 0 aliphatic heterocycles. The Morgan fingerprint density at radius 3 is 2.61 bits per heavy atom. The number of nitrogens with zero attached hydrogens (tertiary/aromatic N) is 1. The molecule has 0 aliphatic rings. The first kappa shape index (κ1) is 22.2. The molecule has 9 heteroatoms. The summed E-state index contributed by atoms with van der Waals surface area (Å²) < 4.78 is 44.7. The van der Waals surface area contributed by atoms with Crippen LogP contribution in [0, 0.1) is 0 Å². The van der Waals surface area contributed by atoms with Crippen molar-refractivity contribution in [3.63, 3.8) is 0 Å². The highest BCUT2D eigenvalue weighted by atomic mass is 32.1. The molecular formula is C22H19F2NO5S. The molecule has 162 valence electrons. The molecule has 0 amide bonds. The van der Waals surface area contributed by atoms with Gasteiger partial charge in [0, 0.05) is 11.5 Å². The van der Waals surface area contributed by atoms with Gasteiger partial charge in [0.15, 0.2) is 11.5 Å². The normalized spacial score (nSPS) is 11.0. The summed E-state index contributed by atoms with van der Waals surface area (Å²) in [6.07, 6.45) is 2.72. The van der Waals surface area contributed by atoms with Gasteiger partial charge in [-0.15, -0.1) is 11.3 Å². The standard InChI is InChI=1S/C22H19F2NO5S/c1-27-17-6-4-3-5-16(17)21-25-15(13-31-21)12-29-20(26)10-8-14-7-9-18(30-22(23)24)19(11-14)28-2/h3-11,13,22H,12H2,1-2H3/b10-8+. The molecular weight excluding hydrogens is 428 g/mol. The molecule has 1 aromatic heterocycles. The first-order valence-corrected chi connectivity index (χ1v) is 9.93. The molecule has 0 aliphatic carbocycles. The molecule has 3 aromatic rings. The van der Waals surface area contributed by atoms with E-state index in [9.17, 15) is 13.6 Å². The SMILES string of the molecule is COc1cc(/C=C/C(=O)OCc2csc(-c3ccccc3OC)n2)ccc1OC(F)F. The topological polar surface area (TPSA) is 66.9 Å². The van der Waals surface area contributed by atoms with Crippen LogP contribution in [0.1, 0.15) is 11.3 Å². The van der Waals surface area contributed by atoms with Crippen LogP contribution in [0.5, 0.6) is 17.2 Å². The number of halogens is 2. The number of hydrogen-bond acceptors (Lipinski definition) is 7. The quantitative estimate of drug-likeness (QED) is 0.332. The van der Waals surface area contributed by atoms with E-state index < -0.39 is 12.6 Å². The summed E-state index contributed by atoms with van der Waals surface area (Å²) in [5.74, 6) is 0.177. The van der Waals surface area contributed by atoms with Gasteiger partial charge in [-0.1, -0.05) is 18.2 Å². The highest BCUT2D eigenvalue weighted by Gasteiger charge is 2.12. The number of benzene rings is 2. The first-order chi connectivity index (χ1) is 15.0. The number of para-hydroxylation sites is 1. The minimum Gasteiger partial charge on any atom is -0.496 e. The Bertz CT molecular complexity index is 1070. The lowest BCUT2D eigenvalue weighted by Gasteiger charge is -2.10. The Labute approximate surface area is 181 Å². The molecule has 0 saturated heterocycles. The molecule has 2 aromatic carbocycles. The van der Waals surface area contributed by atoms with Gasteiger partial charge in [-0.3, -0.25) is 0 Å². The van der Waals surface area contributed by atoms with E-state index >= 15 is 0 Å². The van der Waals surface area contributed by atoms with Gasteiger partial charge in [-0.2, -0.15) is 8.78 Å². The van der Waals surface area contributed by atoms with E-state index in [0.717, 1.165) is 10.6 Å². The van der Waals surface area contributed by atoms with E-state index in [-0.39, 0.29) is 18.1 Å². The molecule has 6 nitrogen and oxygen atoms in total. The molecule has 0 unspecified atom stereocenters. The number of carbonyl (C=O) groups is 1. The Morgan fingerprint density at radius 1 is 1.10 bits per heavy atom. The number of alkyl halides is 2. The minimum absolute atomic E-state index is 0.0132. The van der Waals surface area contributed by atoms with Crippen LogP contribution < -0.4 is 14.2 Å². The number of esters is 1. The van der Waals surface area contributed by atoms with Crippen molar-refractivity contribution in [1.29, 1.82) is 0 Å². The lowest BCUT2D eigenvalue weighted by atomic mass is 10.2. The summed E-state index contributed by atoms with van der Waals surface area (Å²) in [7, 11) is 2.93. The third kappa shape index (κ3) is 6.02. The molecule has 0 saturated carbocycles. The summed E-state index contributed by atoms with van der Waals surface area (Å²) >= 11 is 1.42. The lowest BCUT2D eigenvalue weighted by Crippen LogP contribution is -2.03. The van der Waals surface area contributed by atoms with E-state index in [1.165, 1.54) is 48.8 Å². The number of ether oxygens (including phenoxy) is 4. The average Bonchev–Trinajstić information content (AvgIpc) is 3.25. The fourth-order valence-corrected chi connectivity index (χ4v) is 3.49. The smallest absolute Gasteiger partial charge is 0.387 e. The van der Waals surface area contributed by atoms with Crippen LogP contribution in [0.3, 0.4) is 0 Å². The summed E-state index contributed by atoms with van der Waals surface area (Å²) in [4.78, 5) is 16.5. The summed E-state index contributed by atoms with van der Waals surface area (Å²) in [5.41, 5.74) is 2.03. The van der Waals surface area contributed by atoms with Crippen molar-refractivity contribution in [2.75, 3.05) is 14.2 Å². The Kier molecular flexibility index (Phi) is 7.55. The molecule has 0 bridgehead atoms. The third-order valence-electron chi connectivity index (χ3n) is 4.07. The van der Waals surface area contributed by atoms with Gasteiger partial charge in [0.05, 0.1) is 25.5 Å². The molecule has 3 rings (SSSR count). The third-order valence-corrected chi connectivity index (χ3v) is 4.99. The Morgan fingerprint density at radius 2 is 1.87 bits per heavy atom.